The zero-order chi connectivity index (χ0) is 19.4. The van der Waals surface area contributed by atoms with Crippen molar-refractivity contribution in [3.05, 3.63) is 59.2 Å². The van der Waals surface area contributed by atoms with Crippen molar-refractivity contribution in [1.29, 1.82) is 0 Å². The molecule has 1 saturated heterocycles. The van der Waals surface area contributed by atoms with Crippen LogP contribution in [0, 0.1) is 5.41 Å². The van der Waals surface area contributed by atoms with Crippen molar-refractivity contribution < 1.29 is 18.0 Å². The van der Waals surface area contributed by atoms with Gasteiger partial charge < -0.3 is 10.6 Å². The first kappa shape index (κ1) is 20.5. The van der Waals surface area contributed by atoms with Crippen LogP contribution in [0.15, 0.2) is 52.3 Å². The van der Waals surface area contributed by atoms with E-state index in [0.29, 0.717) is 19.6 Å². The number of carbonyl (C=O) groups is 2. The summed E-state index contributed by atoms with van der Waals surface area (Å²) in [5, 5.41) is 0. The number of fused-ring (bicyclic) bond motifs is 2. The molecule has 2 aromatic rings. The number of hydrogen-bond acceptors (Lipinski definition) is 5. The van der Waals surface area contributed by atoms with Gasteiger partial charge in [-0.25, -0.2) is 8.42 Å². The van der Waals surface area contributed by atoms with Gasteiger partial charge in [-0.15, -0.1) is 12.4 Å². The van der Waals surface area contributed by atoms with Gasteiger partial charge in [0.1, 0.15) is 0 Å². The maximum Gasteiger partial charge on any atom is 0.253 e. The van der Waals surface area contributed by atoms with Gasteiger partial charge in [0, 0.05) is 29.8 Å². The standard InChI is InChI=1S/C20H20N2O4S.ClH/c1-20(11-21)8-9-22(12-20)19(24)13-6-7-15-17(10-13)27(25,26)16-5-3-2-4-14(16)18(15)23;/h2-7,10H,8-9,11-12,21H2,1H3;1H. The Hall–Kier alpha value is -2.22. The van der Waals surface area contributed by atoms with Crippen LogP contribution in [0.2, 0.25) is 0 Å². The van der Waals surface area contributed by atoms with E-state index >= 15 is 0 Å². The van der Waals surface area contributed by atoms with Gasteiger partial charge in [-0.1, -0.05) is 19.1 Å². The number of nitrogens with two attached hydrogens (primary N) is 1. The van der Waals surface area contributed by atoms with E-state index in [2.05, 4.69) is 0 Å². The number of amides is 1. The van der Waals surface area contributed by atoms with E-state index in [4.69, 9.17) is 5.73 Å². The van der Waals surface area contributed by atoms with Gasteiger partial charge in [0.15, 0.2) is 5.78 Å². The van der Waals surface area contributed by atoms with Crippen LogP contribution in [-0.2, 0) is 9.84 Å². The van der Waals surface area contributed by atoms with Crippen molar-refractivity contribution >= 4 is 33.9 Å². The third kappa shape index (κ3) is 3.03. The minimum Gasteiger partial charge on any atom is -0.338 e. The van der Waals surface area contributed by atoms with E-state index in [-0.39, 0.29) is 56.0 Å². The molecule has 1 atom stereocenters. The maximum absolute atomic E-state index is 13.0. The number of hydrogen-bond donors (Lipinski definition) is 1. The number of rotatable bonds is 2. The first-order chi connectivity index (χ1) is 12.8. The van der Waals surface area contributed by atoms with E-state index in [1.54, 1.807) is 17.0 Å². The average Bonchev–Trinajstić information content (AvgIpc) is 3.08. The zero-order valence-electron chi connectivity index (χ0n) is 15.3. The Bertz CT molecular complexity index is 1080. The summed E-state index contributed by atoms with van der Waals surface area (Å²) in [6.07, 6.45) is 0.810. The highest BCUT2D eigenvalue weighted by atomic mass is 35.5. The van der Waals surface area contributed by atoms with Gasteiger partial charge in [-0.3, -0.25) is 9.59 Å². The molecule has 0 radical (unpaired) electrons. The number of benzene rings is 2. The summed E-state index contributed by atoms with van der Waals surface area (Å²) < 4.78 is 26.0. The molecule has 1 amide bonds. The summed E-state index contributed by atoms with van der Waals surface area (Å²) in [7, 11) is -3.85. The lowest BCUT2D eigenvalue weighted by molar-refractivity contribution is 0.0776. The van der Waals surface area contributed by atoms with Crippen LogP contribution in [0.4, 0.5) is 0 Å². The largest absolute Gasteiger partial charge is 0.338 e. The Morgan fingerprint density at radius 1 is 1.14 bits per heavy atom. The molecule has 148 valence electrons. The quantitative estimate of drug-likeness (QED) is 0.686. The minimum absolute atomic E-state index is 0. The summed E-state index contributed by atoms with van der Waals surface area (Å²) in [4.78, 5) is 27.1. The van der Waals surface area contributed by atoms with Crippen molar-refractivity contribution in [2.75, 3.05) is 19.6 Å². The van der Waals surface area contributed by atoms with E-state index in [9.17, 15) is 18.0 Å². The predicted molar refractivity (Wildman–Crippen MR) is 107 cm³/mol. The molecule has 4 rings (SSSR count). The maximum atomic E-state index is 13.0. The number of sulfone groups is 1. The fourth-order valence-electron chi connectivity index (χ4n) is 3.76. The Kier molecular flexibility index (Phi) is 5.12. The van der Waals surface area contributed by atoms with Crippen LogP contribution in [0.25, 0.3) is 0 Å². The van der Waals surface area contributed by atoms with E-state index < -0.39 is 9.84 Å². The zero-order valence-corrected chi connectivity index (χ0v) is 17.0. The van der Waals surface area contributed by atoms with Gasteiger partial charge in [-0.05, 0) is 48.7 Å². The van der Waals surface area contributed by atoms with Crippen LogP contribution < -0.4 is 5.73 Å². The molecular formula is C20H21ClN2O4S. The van der Waals surface area contributed by atoms with Gasteiger partial charge in [0.05, 0.1) is 9.79 Å². The van der Waals surface area contributed by atoms with Crippen LogP contribution in [0.1, 0.15) is 39.6 Å². The highest BCUT2D eigenvalue weighted by Crippen LogP contribution is 2.35. The Labute approximate surface area is 170 Å². The summed E-state index contributed by atoms with van der Waals surface area (Å²) >= 11 is 0. The van der Waals surface area contributed by atoms with E-state index in [1.165, 1.54) is 30.3 Å². The molecule has 28 heavy (non-hydrogen) atoms. The lowest BCUT2D eigenvalue weighted by Gasteiger charge is -2.23. The third-order valence-electron chi connectivity index (χ3n) is 5.52. The molecule has 2 aliphatic rings. The van der Waals surface area contributed by atoms with Gasteiger partial charge in [0.2, 0.25) is 9.84 Å². The van der Waals surface area contributed by atoms with E-state index in [0.717, 1.165) is 6.42 Å². The molecule has 2 aromatic carbocycles. The number of halogens is 1. The van der Waals surface area contributed by atoms with Crippen molar-refractivity contribution in [2.45, 2.75) is 23.1 Å². The summed E-state index contributed by atoms with van der Waals surface area (Å²) in [6, 6.07) is 10.5. The Morgan fingerprint density at radius 3 is 2.50 bits per heavy atom. The van der Waals surface area contributed by atoms with Gasteiger partial charge in [-0.2, -0.15) is 0 Å². The average molecular weight is 421 g/mol. The second-order valence-corrected chi connectivity index (χ2v) is 9.42. The number of nitrogens with zero attached hydrogens (tertiary/aromatic N) is 1. The summed E-state index contributed by atoms with van der Waals surface area (Å²) in [6.45, 7) is 3.64. The van der Waals surface area contributed by atoms with Crippen LogP contribution in [-0.4, -0.2) is 44.6 Å². The van der Waals surface area contributed by atoms with Crippen LogP contribution >= 0.6 is 12.4 Å². The van der Waals surface area contributed by atoms with Crippen molar-refractivity contribution in [3.8, 4) is 0 Å². The van der Waals surface area contributed by atoms with Crippen LogP contribution in [0.5, 0.6) is 0 Å². The van der Waals surface area contributed by atoms with Crippen molar-refractivity contribution in [3.63, 3.8) is 0 Å². The normalized spacial score (nSPS) is 22.2. The lowest BCUT2D eigenvalue weighted by Crippen LogP contribution is -2.34. The molecule has 2 N–H and O–H groups in total. The first-order valence-corrected chi connectivity index (χ1v) is 10.3. The molecule has 0 aromatic heterocycles. The lowest BCUT2D eigenvalue weighted by atomic mass is 9.90. The van der Waals surface area contributed by atoms with Crippen molar-refractivity contribution in [2.24, 2.45) is 11.1 Å². The SMILES string of the molecule is CC1(CN)CCN(C(=O)c2ccc3c(c2)S(=O)(=O)c2ccccc2C3=O)C1.Cl. The molecule has 0 bridgehead atoms. The van der Waals surface area contributed by atoms with Gasteiger partial charge in [0.25, 0.3) is 5.91 Å². The fraction of sp³-hybridized carbons (Fsp3) is 0.300. The Balaban J connectivity index is 0.00000225. The number of ketones is 1. The predicted octanol–water partition coefficient (Wildman–Crippen LogP) is 2.30. The molecule has 2 aliphatic heterocycles. The van der Waals surface area contributed by atoms with E-state index in [1.807, 2.05) is 6.92 Å². The molecule has 0 saturated carbocycles. The number of carbonyl (C=O) groups excluding carboxylic acids is 2. The fourth-order valence-corrected chi connectivity index (χ4v) is 5.44. The number of likely N-dealkylation sites (tertiary alicyclic amines) is 1. The molecular weight excluding hydrogens is 400 g/mol. The first-order valence-electron chi connectivity index (χ1n) is 8.79. The molecule has 1 fully saturated rings. The molecule has 0 aliphatic carbocycles. The second kappa shape index (κ2) is 6.99. The molecule has 2 heterocycles. The smallest absolute Gasteiger partial charge is 0.253 e. The summed E-state index contributed by atoms with van der Waals surface area (Å²) in [5.74, 6) is -0.581. The van der Waals surface area contributed by atoms with Gasteiger partial charge >= 0.3 is 0 Å². The second-order valence-electron chi connectivity index (χ2n) is 7.53. The highest BCUT2D eigenvalue weighted by molar-refractivity contribution is 7.91. The molecule has 6 nitrogen and oxygen atoms in total. The summed E-state index contributed by atoms with van der Waals surface area (Å²) in [5.41, 5.74) is 6.23. The van der Waals surface area contributed by atoms with Crippen molar-refractivity contribution in [1.82, 2.24) is 4.90 Å². The minimum atomic E-state index is -3.85. The molecule has 8 heteroatoms. The topological polar surface area (TPSA) is 97.5 Å². The molecule has 1 unspecified atom stereocenters. The monoisotopic (exact) mass is 420 g/mol. The molecule has 0 spiro atoms. The highest BCUT2D eigenvalue weighted by Gasteiger charge is 2.38. The Morgan fingerprint density at radius 2 is 1.82 bits per heavy atom. The van der Waals surface area contributed by atoms with Crippen LogP contribution in [0.3, 0.4) is 0 Å². The third-order valence-corrected chi connectivity index (χ3v) is 7.37.